The van der Waals surface area contributed by atoms with E-state index >= 15 is 0 Å². The summed E-state index contributed by atoms with van der Waals surface area (Å²) in [5.41, 5.74) is 0. The molecule has 0 aromatic carbocycles. The second-order valence-corrected chi connectivity index (χ2v) is 13.4. The van der Waals surface area contributed by atoms with Crippen molar-refractivity contribution in [2.75, 3.05) is 14.1 Å². The van der Waals surface area contributed by atoms with Crippen molar-refractivity contribution >= 4 is 11.9 Å². The number of carbonyl (C=O) groups is 2. The van der Waals surface area contributed by atoms with E-state index in [4.69, 9.17) is 9.47 Å². The fourth-order valence-electron chi connectivity index (χ4n) is 5.41. The molecule has 0 rings (SSSR count). The molecular formula is C40H75NO4. The number of esters is 2. The summed E-state index contributed by atoms with van der Waals surface area (Å²) in [5.74, 6) is -1.98. The number of hydrogen-bond donors (Lipinski definition) is 0. The number of unbranched alkanes of at least 4 members (excludes halogenated alkanes) is 22. The number of nitrogens with zero attached hydrogens (tertiary/aromatic N) is 1. The maximum Gasteiger partial charge on any atom is 0.317 e. The van der Waals surface area contributed by atoms with Gasteiger partial charge < -0.3 is 9.47 Å². The van der Waals surface area contributed by atoms with Gasteiger partial charge in [0.05, 0.1) is 0 Å². The first-order chi connectivity index (χ1) is 21.9. The molecule has 0 N–H and O–H groups in total. The maximum atomic E-state index is 12.5. The predicted octanol–water partition coefficient (Wildman–Crippen LogP) is 12.4. The molecule has 0 unspecified atom stereocenters. The highest BCUT2D eigenvalue weighted by molar-refractivity contribution is 5.71. The molecule has 0 aliphatic heterocycles. The van der Waals surface area contributed by atoms with Crippen LogP contribution >= 0.6 is 0 Å². The first-order valence-electron chi connectivity index (χ1n) is 19.3. The van der Waals surface area contributed by atoms with Crippen LogP contribution in [0.5, 0.6) is 0 Å². The lowest BCUT2D eigenvalue weighted by molar-refractivity contribution is -0.269. The molecule has 45 heavy (non-hydrogen) atoms. The van der Waals surface area contributed by atoms with Crippen LogP contribution in [0.3, 0.4) is 0 Å². The van der Waals surface area contributed by atoms with Gasteiger partial charge in [-0.15, -0.1) is 0 Å². The van der Waals surface area contributed by atoms with Crippen molar-refractivity contribution < 1.29 is 19.1 Å². The largest absolute Gasteiger partial charge is 0.409 e. The lowest BCUT2D eigenvalue weighted by atomic mass is 10.1. The molecule has 0 aromatic heterocycles. The van der Waals surface area contributed by atoms with Crippen LogP contribution in [0.15, 0.2) is 24.3 Å². The van der Waals surface area contributed by atoms with Gasteiger partial charge in [0.1, 0.15) is 0 Å². The fourth-order valence-corrected chi connectivity index (χ4v) is 5.41. The summed E-state index contributed by atoms with van der Waals surface area (Å²) in [6.45, 7) is 6.18. The minimum atomic E-state index is -1.36. The van der Waals surface area contributed by atoms with Crippen molar-refractivity contribution in [2.45, 2.75) is 206 Å². The monoisotopic (exact) mass is 634 g/mol. The quantitative estimate of drug-likeness (QED) is 0.0311. The van der Waals surface area contributed by atoms with Gasteiger partial charge in [-0.05, 0) is 78.3 Å². The molecule has 0 aromatic rings. The van der Waals surface area contributed by atoms with Crippen molar-refractivity contribution in [3.05, 3.63) is 24.3 Å². The summed E-state index contributed by atoms with van der Waals surface area (Å²) >= 11 is 0. The van der Waals surface area contributed by atoms with E-state index in [-0.39, 0.29) is 11.9 Å². The highest BCUT2D eigenvalue weighted by atomic mass is 16.8. The summed E-state index contributed by atoms with van der Waals surface area (Å²) in [6, 6.07) is 0. The van der Waals surface area contributed by atoms with E-state index in [1.807, 2.05) is 0 Å². The minimum Gasteiger partial charge on any atom is -0.409 e. The zero-order valence-electron chi connectivity index (χ0n) is 30.7. The third kappa shape index (κ3) is 29.5. The van der Waals surface area contributed by atoms with E-state index in [1.54, 1.807) is 25.9 Å². The van der Waals surface area contributed by atoms with Gasteiger partial charge in [0.2, 0.25) is 0 Å². The average Bonchev–Trinajstić information content (AvgIpc) is 3.00. The molecule has 0 aliphatic rings. The highest BCUT2D eigenvalue weighted by Gasteiger charge is 2.35. The Kier molecular flexibility index (Phi) is 31.2. The van der Waals surface area contributed by atoms with Gasteiger partial charge in [-0.3, -0.25) is 9.59 Å². The van der Waals surface area contributed by atoms with Crippen LogP contribution in [0.4, 0.5) is 0 Å². The van der Waals surface area contributed by atoms with Crippen LogP contribution in [-0.4, -0.2) is 36.8 Å². The number of carbonyl (C=O) groups excluding carboxylic acids is 2. The van der Waals surface area contributed by atoms with E-state index in [1.165, 1.54) is 116 Å². The number of hydrogen-bond acceptors (Lipinski definition) is 5. The zero-order valence-corrected chi connectivity index (χ0v) is 30.7. The van der Waals surface area contributed by atoms with Crippen LogP contribution < -0.4 is 0 Å². The molecule has 0 radical (unpaired) electrons. The summed E-state index contributed by atoms with van der Waals surface area (Å²) in [4.78, 5) is 26.7. The zero-order chi connectivity index (χ0) is 33.3. The van der Waals surface area contributed by atoms with Crippen LogP contribution in [0.1, 0.15) is 201 Å². The van der Waals surface area contributed by atoms with Gasteiger partial charge in [-0.2, -0.15) is 0 Å². The summed E-state index contributed by atoms with van der Waals surface area (Å²) in [7, 11) is 3.54. The van der Waals surface area contributed by atoms with Gasteiger partial charge in [-0.1, -0.05) is 141 Å². The molecule has 0 aliphatic carbocycles. The average molecular weight is 634 g/mol. The van der Waals surface area contributed by atoms with Gasteiger partial charge in [0.25, 0.3) is 0 Å². The molecular weight excluding hydrogens is 558 g/mol. The Labute approximate surface area is 280 Å². The Balaban J connectivity index is 3.85. The van der Waals surface area contributed by atoms with Gasteiger partial charge in [0.15, 0.2) is 0 Å². The summed E-state index contributed by atoms with van der Waals surface area (Å²) in [5, 5.41) is 0. The van der Waals surface area contributed by atoms with E-state index in [2.05, 4.69) is 38.2 Å². The number of ether oxygens (including phenoxy) is 2. The Morgan fingerprint density at radius 3 is 1.02 bits per heavy atom. The summed E-state index contributed by atoms with van der Waals surface area (Å²) in [6.07, 6.45) is 41.8. The minimum absolute atomic E-state index is 0.308. The molecule has 0 heterocycles. The van der Waals surface area contributed by atoms with Crippen LogP contribution in [0.2, 0.25) is 0 Å². The highest BCUT2D eigenvalue weighted by Crippen LogP contribution is 2.20. The van der Waals surface area contributed by atoms with Crippen LogP contribution in [-0.2, 0) is 19.1 Å². The third-order valence-electron chi connectivity index (χ3n) is 8.70. The standard InChI is InChI=1S/C40H75NO4/c1-6-8-10-12-14-16-18-20-22-24-26-28-30-32-34-36-38(42)44-40(3,41(4)5)45-39(43)37-35-33-31-29-27-25-23-21-19-17-15-13-11-9-7-2/h20-23H,6-19,24-37H2,1-5H3/b22-20-,23-21-. The molecule has 0 saturated carbocycles. The van der Waals surface area contributed by atoms with E-state index < -0.39 is 5.91 Å². The molecule has 0 spiro atoms. The van der Waals surface area contributed by atoms with Gasteiger partial charge in [-0.25, -0.2) is 4.90 Å². The molecule has 5 heteroatoms. The normalized spacial score (nSPS) is 12.1. The molecule has 0 saturated heterocycles. The Bertz CT molecular complexity index is 676. The number of allylic oxidation sites excluding steroid dienone is 4. The molecule has 0 atom stereocenters. The van der Waals surface area contributed by atoms with Gasteiger partial charge >= 0.3 is 17.8 Å². The van der Waals surface area contributed by atoms with Crippen LogP contribution in [0.25, 0.3) is 0 Å². The second-order valence-electron chi connectivity index (χ2n) is 13.4. The van der Waals surface area contributed by atoms with Gasteiger partial charge in [0, 0.05) is 19.8 Å². The Hall–Kier alpha value is -1.62. The topological polar surface area (TPSA) is 55.8 Å². The Morgan fingerprint density at radius 2 is 0.733 bits per heavy atom. The first kappa shape index (κ1) is 43.4. The molecule has 5 nitrogen and oxygen atoms in total. The van der Waals surface area contributed by atoms with E-state index in [0.29, 0.717) is 12.8 Å². The van der Waals surface area contributed by atoms with Crippen molar-refractivity contribution in [1.29, 1.82) is 0 Å². The molecule has 0 fully saturated rings. The second kappa shape index (κ2) is 32.3. The van der Waals surface area contributed by atoms with Crippen molar-refractivity contribution in [3.8, 4) is 0 Å². The first-order valence-corrected chi connectivity index (χ1v) is 19.3. The van der Waals surface area contributed by atoms with Crippen molar-refractivity contribution in [2.24, 2.45) is 0 Å². The maximum absolute atomic E-state index is 12.5. The predicted molar refractivity (Wildman–Crippen MR) is 193 cm³/mol. The van der Waals surface area contributed by atoms with Crippen molar-refractivity contribution in [1.82, 2.24) is 4.90 Å². The molecule has 0 amide bonds. The lowest BCUT2D eigenvalue weighted by Gasteiger charge is -2.34. The Morgan fingerprint density at radius 1 is 0.467 bits per heavy atom. The molecule has 264 valence electrons. The number of rotatable bonds is 33. The summed E-state index contributed by atoms with van der Waals surface area (Å²) < 4.78 is 11.3. The smallest absolute Gasteiger partial charge is 0.317 e. The third-order valence-corrected chi connectivity index (χ3v) is 8.70. The molecule has 0 bridgehead atoms. The lowest BCUT2D eigenvalue weighted by Crippen LogP contribution is -2.49. The van der Waals surface area contributed by atoms with Crippen LogP contribution in [0, 0.1) is 0 Å². The van der Waals surface area contributed by atoms with E-state index in [0.717, 1.165) is 51.4 Å². The fraction of sp³-hybridized carbons (Fsp3) is 0.850. The van der Waals surface area contributed by atoms with Crippen molar-refractivity contribution in [3.63, 3.8) is 0 Å². The SMILES string of the molecule is CCCCCCCC/C=C\CCCCCCCC(=O)OC(C)(OC(=O)CCCCCCC/C=C\CCCCCCCC)N(C)C. The van der Waals surface area contributed by atoms with E-state index in [9.17, 15) is 9.59 Å².